The van der Waals surface area contributed by atoms with E-state index in [1.807, 2.05) is 12.9 Å². The van der Waals surface area contributed by atoms with Crippen molar-refractivity contribution < 1.29 is 47.2 Å². The fourth-order valence-corrected chi connectivity index (χ4v) is 8.23. The zero-order chi connectivity index (χ0) is 41.8. The Bertz CT molecular complexity index is 2060. The molecule has 2 amide bonds. The molecule has 302 valence electrons. The summed E-state index contributed by atoms with van der Waals surface area (Å²) in [6.07, 6.45) is 0.388. The van der Waals surface area contributed by atoms with Crippen LogP contribution in [0.4, 0.5) is 5.69 Å². The van der Waals surface area contributed by atoms with Crippen LogP contribution in [0.5, 0.6) is 23.0 Å². The highest BCUT2D eigenvalue weighted by Crippen LogP contribution is 2.55. The van der Waals surface area contributed by atoms with E-state index in [0.717, 1.165) is 12.9 Å². The molecule has 4 aromatic rings. The molecule has 0 radical (unpaired) electrons. The van der Waals surface area contributed by atoms with Crippen LogP contribution in [0.15, 0.2) is 95.9 Å². The average Bonchev–Trinajstić information content (AvgIpc) is 3.72. The first-order valence-corrected chi connectivity index (χ1v) is 20.9. The Balaban J connectivity index is 0.000000556. The molecule has 0 aromatic heterocycles. The number of fused-ring (bicyclic) bond motifs is 1. The lowest BCUT2D eigenvalue weighted by molar-refractivity contribution is -0.138. The molecular weight excluding hydrogens is 781 g/mol. The number of sulfonamides is 1. The largest absolute Gasteiger partial charge is 0.508 e. The number of phenolic OH excluding ortho intramolecular Hbond substituents is 1. The number of hydrogen-bond acceptors (Lipinski definition) is 11. The Hall–Kier alpha value is -4.72. The number of carbonyl (C=O) groups excluding carboxylic acids is 3. The molecule has 16 heteroatoms. The van der Waals surface area contributed by atoms with Gasteiger partial charge in [0.25, 0.3) is 15.9 Å². The van der Waals surface area contributed by atoms with Gasteiger partial charge in [0, 0.05) is 42.9 Å². The Morgan fingerprint density at radius 1 is 0.929 bits per heavy atom. The number of benzene rings is 4. The number of rotatable bonds is 9. The number of nitrogens with zero attached hydrogens (tertiary/aromatic N) is 3. The molecule has 1 fully saturated rings. The van der Waals surface area contributed by atoms with Crippen molar-refractivity contribution in [2.75, 3.05) is 59.1 Å². The SMILES string of the molecule is C=O.CCPC.COc1ccc(S(=O)(=O)N2C(=O)[C@@](c3ccccc3OC)(N3C[C@H](O)CC3C(=O)N(C)C)c3cc(Cl)ccc32)c(OC)c1.Oc1ccccc1. The third kappa shape index (κ3) is 9.28. The van der Waals surface area contributed by atoms with Gasteiger partial charge in [0.1, 0.15) is 34.7 Å². The lowest BCUT2D eigenvalue weighted by Gasteiger charge is -2.42. The van der Waals surface area contributed by atoms with E-state index in [4.69, 9.17) is 35.7 Å². The molecule has 2 unspecified atom stereocenters. The summed E-state index contributed by atoms with van der Waals surface area (Å²) in [7, 11) is 3.84. The van der Waals surface area contributed by atoms with E-state index in [1.54, 1.807) is 67.5 Å². The van der Waals surface area contributed by atoms with E-state index in [9.17, 15) is 18.3 Å². The molecular formula is C40H49ClN3O10PS. The number of likely N-dealkylation sites (N-methyl/N-ethyl adjacent to an activating group) is 1. The molecule has 4 atom stereocenters. The summed E-state index contributed by atoms with van der Waals surface area (Å²) < 4.78 is 46.1. The molecule has 0 aliphatic carbocycles. The van der Waals surface area contributed by atoms with Gasteiger partial charge >= 0.3 is 0 Å². The van der Waals surface area contributed by atoms with E-state index in [0.29, 0.717) is 11.5 Å². The third-order valence-corrected chi connectivity index (χ3v) is 11.7. The number of amides is 2. The van der Waals surface area contributed by atoms with Crippen molar-refractivity contribution in [2.45, 2.75) is 35.9 Å². The van der Waals surface area contributed by atoms with Crippen LogP contribution in [-0.4, -0.2) is 114 Å². The second-order valence-corrected chi connectivity index (χ2v) is 16.1. The van der Waals surface area contributed by atoms with E-state index >= 15 is 4.79 Å². The van der Waals surface area contributed by atoms with Crippen molar-refractivity contribution >= 4 is 54.5 Å². The molecule has 2 aliphatic heterocycles. The number of ether oxygens (including phenoxy) is 3. The van der Waals surface area contributed by atoms with Crippen LogP contribution in [0.1, 0.15) is 24.5 Å². The number of carbonyl (C=O) groups is 3. The highest BCUT2D eigenvalue weighted by atomic mass is 35.5. The predicted octanol–water partition coefficient (Wildman–Crippen LogP) is 5.39. The maximum absolute atomic E-state index is 15.2. The summed E-state index contributed by atoms with van der Waals surface area (Å²) in [6.45, 7) is 6.29. The fourth-order valence-electron chi connectivity index (χ4n) is 6.45. The molecule has 0 saturated carbocycles. The molecule has 4 aromatic carbocycles. The molecule has 2 aliphatic rings. The maximum Gasteiger partial charge on any atom is 0.274 e. The Labute approximate surface area is 335 Å². The van der Waals surface area contributed by atoms with Gasteiger partial charge in [-0.15, -0.1) is 8.58 Å². The zero-order valence-corrected chi connectivity index (χ0v) is 35.0. The number of aromatic hydroxyl groups is 1. The van der Waals surface area contributed by atoms with E-state index < -0.39 is 33.6 Å². The monoisotopic (exact) mass is 829 g/mol. The summed E-state index contributed by atoms with van der Waals surface area (Å²) in [4.78, 5) is 39.4. The lowest BCUT2D eigenvalue weighted by atomic mass is 9.80. The average molecular weight is 830 g/mol. The van der Waals surface area contributed by atoms with Gasteiger partial charge in [-0.1, -0.05) is 54.9 Å². The van der Waals surface area contributed by atoms with Gasteiger partial charge < -0.3 is 34.1 Å². The number of β-amino-alcohol motifs (C(OH)–C–C–N with tert-alkyl or cyclic N) is 1. The molecule has 0 bridgehead atoms. The third-order valence-electron chi connectivity index (χ3n) is 8.99. The van der Waals surface area contributed by atoms with Crippen molar-refractivity contribution in [2.24, 2.45) is 0 Å². The minimum Gasteiger partial charge on any atom is -0.508 e. The minimum atomic E-state index is -4.64. The predicted molar refractivity (Wildman–Crippen MR) is 219 cm³/mol. The van der Waals surface area contributed by atoms with Gasteiger partial charge in [0.05, 0.1) is 39.2 Å². The van der Waals surface area contributed by atoms with Gasteiger partial charge in [-0.3, -0.25) is 14.5 Å². The number of halogens is 1. The minimum absolute atomic E-state index is 0.0240. The van der Waals surface area contributed by atoms with Crippen molar-refractivity contribution in [3.05, 3.63) is 107 Å². The summed E-state index contributed by atoms with van der Waals surface area (Å²) in [5, 5.41) is 19.8. The highest BCUT2D eigenvalue weighted by Gasteiger charge is 2.64. The Morgan fingerprint density at radius 2 is 1.54 bits per heavy atom. The summed E-state index contributed by atoms with van der Waals surface area (Å²) >= 11 is 6.52. The number of anilines is 1. The molecule has 1 saturated heterocycles. The number of aliphatic hydroxyl groups excluding tert-OH is 1. The van der Waals surface area contributed by atoms with E-state index in [1.165, 1.54) is 68.8 Å². The van der Waals surface area contributed by atoms with Gasteiger partial charge in [-0.2, -0.15) is 0 Å². The Kier molecular flexibility index (Phi) is 16.7. The summed E-state index contributed by atoms with van der Waals surface area (Å²) in [5.41, 5.74) is -1.39. The van der Waals surface area contributed by atoms with Gasteiger partial charge in [0.15, 0.2) is 5.54 Å². The first-order chi connectivity index (χ1) is 26.7. The summed E-state index contributed by atoms with van der Waals surface area (Å²) in [6, 6.07) is 23.1. The number of methoxy groups -OCH3 is 3. The second kappa shape index (κ2) is 20.4. The normalized spacial score (nSPS) is 18.7. The zero-order valence-electron chi connectivity index (χ0n) is 32.4. The fraction of sp³-hybridized carbons (Fsp3) is 0.325. The van der Waals surface area contributed by atoms with E-state index in [2.05, 4.69) is 13.6 Å². The number of aliphatic hydroxyl groups is 1. The van der Waals surface area contributed by atoms with Gasteiger partial charge in [0.2, 0.25) is 5.91 Å². The quantitative estimate of drug-likeness (QED) is 0.208. The van der Waals surface area contributed by atoms with E-state index in [-0.39, 0.29) is 57.1 Å². The van der Waals surface area contributed by atoms with Crippen LogP contribution in [0, 0.1) is 0 Å². The topological polar surface area (TPSA) is 163 Å². The molecule has 2 heterocycles. The van der Waals surface area contributed by atoms with Crippen LogP contribution in [0.25, 0.3) is 0 Å². The second-order valence-electron chi connectivity index (χ2n) is 12.5. The van der Waals surface area contributed by atoms with Gasteiger partial charge in [-0.25, -0.2) is 12.7 Å². The van der Waals surface area contributed by atoms with Crippen LogP contribution in [0.3, 0.4) is 0 Å². The van der Waals surface area contributed by atoms with Crippen molar-refractivity contribution in [3.8, 4) is 23.0 Å². The molecule has 6 rings (SSSR count). The number of likely N-dealkylation sites (tertiary alicyclic amines) is 1. The summed E-state index contributed by atoms with van der Waals surface area (Å²) in [5.74, 6) is -0.328. The lowest BCUT2D eigenvalue weighted by Crippen LogP contribution is -2.59. The first kappa shape index (κ1) is 45.7. The molecule has 56 heavy (non-hydrogen) atoms. The number of para-hydroxylation sites is 2. The van der Waals surface area contributed by atoms with Gasteiger partial charge in [-0.05, 0) is 67.8 Å². The molecule has 2 N–H and O–H groups in total. The maximum atomic E-state index is 15.2. The number of hydrogen-bond donors (Lipinski definition) is 2. The van der Waals surface area contributed by atoms with Crippen LogP contribution in [-0.2, 0) is 29.9 Å². The van der Waals surface area contributed by atoms with Crippen LogP contribution >= 0.6 is 20.2 Å². The van der Waals surface area contributed by atoms with Crippen molar-refractivity contribution in [3.63, 3.8) is 0 Å². The molecule has 13 nitrogen and oxygen atoms in total. The first-order valence-electron chi connectivity index (χ1n) is 17.3. The van der Waals surface area contributed by atoms with Crippen molar-refractivity contribution in [1.82, 2.24) is 9.80 Å². The standard InChI is InChI=1S/C30H32ClN3O8S.C6H6O.C3H9P.CH2O/c1-32(2)28(36)24-15-19(35)17-33(24)30(21-8-6-7-9-25(21)41-4)22-14-18(31)10-12-23(22)34(29(30)37)43(38,39)27-13-11-20(40-3)16-26(27)42-5;7-6-4-2-1-3-5-6;1-3-4-2;1-2/h6-14,16,19,24,35H,15,17H2,1-5H3;1-5,7H;4H,3H2,1-2H3;1H2/t19-,24?,30+;;;/m1.../s1. The van der Waals surface area contributed by atoms with Crippen LogP contribution < -0.4 is 18.5 Å². The smallest absolute Gasteiger partial charge is 0.274 e. The Morgan fingerprint density at radius 3 is 2.07 bits per heavy atom. The highest BCUT2D eigenvalue weighted by molar-refractivity contribution is 7.93. The van der Waals surface area contributed by atoms with Crippen molar-refractivity contribution in [1.29, 1.82) is 0 Å². The number of phenols is 1. The van der Waals surface area contributed by atoms with Crippen LogP contribution in [0.2, 0.25) is 5.02 Å². The molecule has 0 spiro atoms.